The van der Waals surface area contributed by atoms with Crippen LogP contribution in [0.5, 0.6) is 0 Å². The van der Waals surface area contributed by atoms with Crippen LogP contribution in [0.1, 0.15) is 19.3 Å². The summed E-state index contributed by atoms with van der Waals surface area (Å²) < 4.78 is 4.35. The highest BCUT2D eigenvalue weighted by Gasteiger charge is 1.85. The molecule has 0 unspecified atom stereocenters. The van der Waals surface area contributed by atoms with E-state index >= 15 is 0 Å². The molecule has 0 spiro atoms. The molecule has 55 valence electrons. The molecule has 0 fully saturated rings. The van der Waals surface area contributed by atoms with Crippen molar-refractivity contribution in [1.29, 1.82) is 0 Å². The Morgan fingerprint density at radius 3 is 2.80 bits per heavy atom. The SMILES string of the molecule is O=[C]OCCCCC#CBr. The van der Waals surface area contributed by atoms with Crippen molar-refractivity contribution in [3.05, 3.63) is 0 Å². The van der Waals surface area contributed by atoms with E-state index in [4.69, 9.17) is 0 Å². The Balaban J connectivity index is 2.88. The van der Waals surface area contributed by atoms with E-state index < -0.39 is 0 Å². The van der Waals surface area contributed by atoms with Crippen molar-refractivity contribution in [3.8, 4) is 10.8 Å². The van der Waals surface area contributed by atoms with Crippen LogP contribution in [-0.4, -0.2) is 13.1 Å². The third-order valence-corrected chi connectivity index (χ3v) is 1.20. The van der Waals surface area contributed by atoms with Crippen LogP contribution >= 0.6 is 15.9 Å². The zero-order valence-corrected chi connectivity index (χ0v) is 7.11. The lowest BCUT2D eigenvalue weighted by Crippen LogP contribution is -1.90. The second kappa shape index (κ2) is 8.51. The van der Waals surface area contributed by atoms with Crippen molar-refractivity contribution in [1.82, 2.24) is 0 Å². The monoisotopic (exact) mass is 203 g/mol. The Morgan fingerprint density at radius 2 is 2.20 bits per heavy atom. The van der Waals surface area contributed by atoms with Gasteiger partial charge in [-0.2, -0.15) is 0 Å². The van der Waals surface area contributed by atoms with Gasteiger partial charge in [0.15, 0.2) is 0 Å². The standard InChI is InChI=1S/C7H8BrO2/c8-5-3-1-2-4-6-10-7-9/h1-2,4,6H2. The van der Waals surface area contributed by atoms with E-state index in [-0.39, 0.29) is 0 Å². The minimum absolute atomic E-state index is 0.452. The highest BCUT2D eigenvalue weighted by Crippen LogP contribution is 1.93. The highest BCUT2D eigenvalue weighted by molar-refractivity contribution is 9.12. The summed E-state index contributed by atoms with van der Waals surface area (Å²) in [6.45, 7) is 1.82. The van der Waals surface area contributed by atoms with Crippen molar-refractivity contribution >= 4 is 22.4 Å². The summed E-state index contributed by atoms with van der Waals surface area (Å²) in [5.41, 5.74) is 0. The van der Waals surface area contributed by atoms with Crippen LogP contribution in [0.4, 0.5) is 0 Å². The summed E-state index contributed by atoms with van der Waals surface area (Å²) in [5.74, 6) is 2.84. The van der Waals surface area contributed by atoms with Crippen LogP contribution in [-0.2, 0) is 9.53 Å². The fourth-order valence-corrected chi connectivity index (χ4v) is 0.675. The van der Waals surface area contributed by atoms with Gasteiger partial charge in [0.1, 0.15) is 0 Å². The Hall–Kier alpha value is -0.490. The first-order chi connectivity index (χ1) is 4.91. The molecule has 0 aliphatic heterocycles. The van der Waals surface area contributed by atoms with Gasteiger partial charge in [-0.15, -0.1) is 0 Å². The third kappa shape index (κ3) is 7.51. The fraction of sp³-hybridized carbons (Fsp3) is 0.571. The summed E-state index contributed by atoms with van der Waals surface area (Å²) in [4.78, 5) is 12.1. The van der Waals surface area contributed by atoms with Crippen molar-refractivity contribution < 1.29 is 9.53 Å². The van der Waals surface area contributed by atoms with Crippen LogP contribution in [0.15, 0.2) is 0 Å². The average Bonchev–Trinajstić information content (AvgIpc) is 1.97. The minimum atomic E-state index is 0.452. The van der Waals surface area contributed by atoms with Gasteiger partial charge in [-0.25, -0.2) is 4.79 Å². The van der Waals surface area contributed by atoms with Crippen molar-refractivity contribution in [3.63, 3.8) is 0 Å². The number of carbonyl (C=O) groups excluding carboxylic acids is 1. The van der Waals surface area contributed by atoms with Gasteiger partial charge in [0, 0.05) is 22.4 Å². The molecule has 2 nitrogen and oxygen atoms in total. The molecule has 0 amide bonds. The Bertz CT molecular complexity index is 134. The molecule has 3 heteroatoms. The maximum Gasteiger partial charge on any atom is 0.417 e. The number of unbranched alkanes of at least 4 members (excludes halogenated alkanes) is 2. The van der Waals surface area contributed by atoms with Gasteiger partial charge < -0.3 is 4.74 Å². The second-order valence-electron chi connectivity index (χ2n) is 1.66. The maximum absolute atomic E-state index is 9.51. The largest absolute Gasteiger partial charge is 0.457 e. The first kappa shape index (κ1) is 9.51. The van der Waals surface area contributed by atoms with Gasteiger partial charge in [-0.05, 0) is 17.7 Å². The van der Waals surface area contributed by atoms with Gasteiger partial charge in [-0.3, -0.25) is 0 Å². The van der Waals surface area contributed by atoms with Gasteiger partial charge in [0.05, 0.1) is 6.61 Å². The van der Waals surface area contributed by atoms with Crippen LogP contribution in [0.2, 0.25) is 0 Å². The topological polar surface area (TPSA) is 26.3 Å². The van der Waals surface area contributed by atoms with E-state index in [2.05, 4.69) is 31.4 Å². The third-order valence-electron chi connectivity index (χ3n) is 0.924. The smallest absolute Gasteiger partial charge is 0.417 e. The average molecular weight is 204 g/mol. The quantitative estimate of drug-likeness (QED) is 0.502. The number of ether oxygens (including phenoxy) is 1. The number of hydrogen-bond acceptors (Lipinski definition) is 2. The summed E-state index contributed by atoms with van der Waals surface area (Å²) in [6.07, 6.45) is 2.66. The van der Waals surface area contributed by atoms with Gasteiger partial charge in [-0.1, -0.05) is 5.92 Å². The molecule has 0 atom stereocenters. The van der Waals surface area contributed by atoms with E-state index in [0.717, 1.165) is 19.3 Å². The molecule has 1 radical (unpaired) electrons. The fourth-order valence-electron chi connectivity index (χ4n) is 0.477. The molecular weight excluding hydrogens is 196 g/mol. The van der Waals surface area contributed by atoms with Crippen LogP contribution < -0.4 is 0 Å². The maximum atomic E-state index is 9.51. The first-order valence-corrected chi connectivity index (χ1v) is 3.78. The molecule has 0 aliphatic carbocycles. The highest BCUT2D eigenvalue weighted by atomic mass is 79.9. The molecule has 0 aromatic rings. The lowest BCUT2D eigenvalue weighted by molar-refractivity contribution is 0.271. The van der Waals surface area contributed by atoms with Crippen molar-refractivity contribution in [2.24, 2.45) is 0 Å². The first-order valence-electron chi connectivity index (χ1n) is 2.99. The zero-order valence-electron chi connectivity index (χ0n) is 5.52. The number of hydrogen-bond donors (Lipinski definition) is 0. The molecule has 0 saturated heterocycles. The zero-order chi connectivity index (χ0) is 7.66. The van der Waals surface area contributed by atoms with Crippen LogP contribution in [0.25, 0.3) is 0 Å². The van der Waals surface area contributed by atoms with E-state index in [1.165, 1.54) is 6.47 Å². The molecular formula is C7H8BrO2. The Kier molecular flexibility index (Phi) is 8.09. The molecule has 10 heavy (non-hydrogen) atoms. The summed E-state index contributed by atoms with van der Waals surface area (Å²) in [5, 5.41) is 0. The molecule has 0 bridgehead atoms. The van der Waals surface area contributed by atoms with E-state index in [9.17, 15) is 4.79 Å². The summed E-state index contributed by atoms with van der Waals surface area (Å²) in [7, 11) is 0. The number of halogens is 1. The summed E-state index contributed by atoms with van der Waals surface area (Å²) in [6, 6.07) is 0. The predicted octanol–water partition coefficient (Wildman–Crippen LogP) is 1.60. The molecule has 0 aromatic carbocycles. The molecule has 0 N–H and O–H groups in total. The normalized spacial score (nSPS) is 7.70. The Morgan fingerprint density at radius 1 is 1.40 bits per heavy atom. The van der Waals surface area contributed by atoms with Crippen molar-refractivity contribution in [2.45, 2.75) is 19.3 Å². The number of rotatable bonds is 5. The van der Waals surface area contributed by atoms with Crippen LogP contribution in [0.3, 0.4) is 0 Å². The van der Waals surface area contributed by atoms with E-state index in [0.29, 0.717) is 6.61 Å². The van der Waals surface area contributed by atoms with E-state index in [1.54, 1.807) is 0 Å². The van der Waals surface area contributed by atoms with Crippen LogP contribution in [0, 0.1) is 10.8 Å². The Labute approximate surface area is 69.1 Å². The van der Waals surface area contributed by atoms with E-state index in [1.807, 2.05) is 0 Å². The molecule has 0 rings (SSSR count). The lowest BCUT2D eigenvalue weighted by atomic mass is 10.2. The molecule has 0 heterocycles. The second-order valence-corrected chi connectivity index (χ2v) is 2.06. The molecule has 0 saturated carbocycles. The lowest BCUT2D eigenvalue weighted by Gasteiger charge is -1.92. The molecule has 0 aliphatic rings. The van der Waals surface area contributed by atoms with Gasteiger partial charge in [0.25, 0.3) is 0 Å². The van der Waals surface area contributed by atoms with Crippen molar-refractivity contribution in [2.75, 3.05) is 6.61 Å². The minimum Gasteiger partial charge on any atom is -0.457 e. The predicted molar refractivity (Wildman–Crippen MR) is 42.2 cm³/mol. The van der Waals surface area contributed by atoms with Gasteiger partial charge >= 0.3 is 6.47 Å². The summed E-state index contributed by atoms with van der Waals surface area (Å²) >= 11 is 2.98. The van der Waals surface area contributed by atoms with Gasteiger partial charge in [0.2, 0.25) is 0 Å². The molecule has 0 aromatic heterocycles.